The highest BCUT2D eigenvalue weighted by atomic mass is 35.5. The number of pyridine rings is 1. The van der Waals surface area contributed by atoms with Crippen molar-refractivity contribution in [1.82, 2.24) is 4.98 Å². The Hall–Kier alpha value is -0.510. The van der Waals surface area contributed by atoms with Crippen molar-refractivity contribution in [2.45, 2.75) is 19.3 Å². The van der Waals surface area contributed by atoms with Gasteiger partial charge in [0.1, 0.15) is 5.82 Å². The third kappa shape index (κ3) is 3.24. The number of nitrogens with zero attached hydrogens (tertiary/aromatic N) is 1. The van der Waals surface area contributed by atoms with Crippen LogP contribution in [0.25, 0.3) is 0 Å². The second-order valence-corrected chi connectivity index (χ2v) is 5.34. The number of hydrogen-bond acceptors (Lipinski definition) is 3. The minimum absolute atomic E-state index is 0.272. The predicted octanol–water partition coefficient (Wildman–Crippen LogP) is 3.21. The number of rotatable bonds is 4. The molecule has 2 atom stereocenters. The smallest absolute Gasteiger partial charge is 0.144 e. The fourth-order valence-corrected chi connectivity index (χ4v) is 2.84. The maximum Gasteiger partial charge on any atom is 0.144 e. The van der Waals surface area contributed by atoms with Crippen LogP contribution in [-0.4, -0.2) is 23.2 Å². The van der Waals surface area contributed by atoms with Crippen LogP contribution in [0.3, 0.4) is 0 Å². The van der Waals surface area contributed by atoms with Gasteiger partial charge in [0.2, 0.25) is 0 Å². The lowest BCUT2D eigenvalue weighted by Gasteiger charge is -2.18. The molecule has 2 rings (SSSR count). The normalized spacial score (nSPS) is 23.9. The summed E-state index contributed by atoms with van der Waals surface area (Å²) >= 11 is 11.8. The highest BCUT2D eigenvalue weighted by Crippen LogP contribution is 2.32. The Morgan fingerprint density at radius 1 is 1.35 bits per heavy atom. The van der Waals surface area contributed by atoms with E-state index in [4.69, 9.17) is 23.2 Å². The zero-order chi connectivity index (χ0) is 12.3. The van der Waals surface area contributed by atoms with Crippen molar-refractivity contribution in [3.63, 3.8) is 0 Å². The van der Waals surface area contributed by atoms with Crippen LogP contribution in [-0.2, 0) is 0 Å². The molecule has 1 fully saturated rings. The van der Waals surface area contributed by atoms with E-state index < -0.39 is 0 Å². The Bertz CT molecular complexity index is 387. The molecule has 5 heteroatoms. The standard InChI is InChI=1S/C12H16Cl2N2O/c13-10-4-11(14)12(16-6-10)15-5-8-2-1-3-9(8)7-17/h4,6,8-9,17H,1-3,5,7H2,(H,15,16). The van der Waals surface area contributed by atoms with Gasteiger partial charge in [-0.1, -0.05) is 29.6 Å². The van der Waals surface area contributed by atoms with Crippen molar-refractivity contribution in [3.05, 3.63) is 22.3 Å². The van der Waals surface area contributed by atoms with Gasteiger partial charge < -0.3 is 10.4 Å². The first-order chi connectivity index (χ1) is 8.20. The summed E-state index contributed by atoms with van der Waals surface area (Å²) in [6.45, 7) is 1.08. The molecule has 1 aliphatic rings. The summed E-state index contributed by atoms with van der Waals surface area (Å²) in [4.78, 5) is 4.15. The van der Waals surface area contributed by atoms with E-state index in [9.17, 15) is 5.11 Å². The van der Waals surface area contributed by atoms with E-state index in [2.05, 4.69) is 10.3 Å². The molecule has 3 nitrogen and oxygen atoms in total. The van der Waals surface area contributed by atoms with Gasteiger partial charge in [0.25, 0.3) is 0 Å². The van der Waals surface area contributed by atoms with Crippen molar-refractivity contribution < 1.29 is 5.11 Å². The molecule has 94 valence electrons. The average Bonchev–Trinajstić information content (AvgIpc) is 2.75. The fraction of sp³-hybridized carbons (Fsp3) is 0.583. The molecule has 1 aliphatic carbocycles. The number of anilines is 1. The lowest BCUT2D eigenvalue weighted by molar-refractivity contribution is 0.199. The summed E-state index contributed by atoms with van der Waals surface area (Å²) in [6.07, 6.45) is 5.04. The van der Waals surface area contributed by atoms with Gasteiger partial charge >= 0.3 is 0 Å². The molecule has 2 N–H and O–H groups in total. The van der Waals surface area contributed by atoms with Gasteiger partial charge in [-0.3, -0.25) is 0 Å². The SMILES string of the molecule is OCC1CCCC1CNc1ncc(Cl)cc1Cl. The summed E-state index contributed by atoms with van der Waals surface area (Å²) in [5, 5.41) is 13.5. The maximum atomic E-state index is 9.24. The van der Waals surface area contributed by atoms with Crippen LogP contribution in [0.5, 0.6) is 0 Å². The molecular formula is C12H16Cl2N2O. The van der Waals surface area contributed by atoms with Crippen LogP contribution in [0.1, 0.15) is 19.3 Å². The van der Waals surface area contributed by atoms with Crippen molar-refractivity contribution >= 4 is 29.0 Å². The fourth-order valence-electron chi connectivity index (χ4n) is 2.40. The van der Waals surface area contributed by atoms with Crippen LogP contribution >= 0.6 is 23.2 Å². The van der Waals surface area contributed by atoms with E-state index in [1.165, 1.54) is 6.42 Å². The van der Waals surface area contributed by atoms with E-state index in [-0.39, 0.29) is 6.61 Å². The molecule has 0 aliphatic heterocycles. The highest BCUT2D eigenvalue weighted by Gasteiger charge is 2.26. The molecule has 1 aromatic rings. The lowest BCUT2D eigenvalue weighted by atomic mass is 9.97. The first kappa shape index (κ1) is 12.9. The number of aliphatic hydroxyl groups is 1. The summed E-state index contributed by atoms with van der Waals surface area (Å²) in [7, 11) is 0. The van der Waals surface area contributed by atoms with Gasteiger partial charge in [0.15, 0.2) is 0 Å². The molecule has 0 aromatic carbocycles. The summed E-state index contributed by atoms with van der Waals surface area (Å²) < 4.78 is 0. The van der Waals surface area contributed by atoms with Gasteiger partial charge in [-0.2, -0.15) is 0 Å². The number of aliphatic hydroxyl groups excluding tert-OH is 1. The highest BCUT2D eigenvalue weighted by molar-refractivity contribution is 6.35. The zero-order valence-corrected chi connectivity index (χ0v) is 11.0. The van der Waals surface area contributed by atoms with E-state index in [1.807, 2.05) is 0 Å². The van der Waals surface area contributed by atoms with Crippen molar-refractivity contribution in [1.29, 1.82) is 0 Å². The lowest BCUT2D eigenvalue weighted by Crippen LogP contribution is -2.21. The molecular weight excluding hydrogens is 259 g/mol. The van der Waals surface area contributed by atoms with Gasteiger partial charge in [-0.05, 0) is 30.7 Å². The number of aromatic nitrogens is 1. The van der Waals surface area contributed by atoms with Gasteiger partial charge in [-0.25, -0.2) is 4.98 Å². The maximum absolute atomic E-state index is 9.24. The second kappa shape index (κ2) is 5.89. The van der Waals surface area contributed by atoms with Crippen molar-refractivity contribution in [2.24, 2.45) is 11.8 Å². The van der Waals surface area contributed by atoms with Gasteiger partial charge in [0, 0.05) is 19.3 Å². The van der Waals surface area contributed by atoms with Crippen molar-refractivity contribution in [2.75, 3.05) is 18.5 Å². The molecule has 1 heterocycles. The van der Waals surface area contributed by atoms with Crippen LogP contribution in [0.4, 0.5) is 5.82 Å². The Morgan fingerprint density at radius 2 is 2.12 bits per heavy atom. The molecule has 0 spiro atoms. The van der Waals surface area contributed by atoms with E-state index >= 15 is 0 Å². The molecule has 1 aromatic heterocycles. The molecule has 0 amide bonds. The Labute approximate surface area is 111 Å². The van der Waals surface area contributed by atoms with E-state index in [1.54, 1.807) is 12.3 Å². The molecule has 1 saturated carbocycles. The number of nitrogens with one attached hydrogen (secondary N) is 1. The molecule has 0 radical (unpaired) electrons. The largest absolute Gasteiger partial charge is 0.396 e. The summed E-state index contributed by atoms with van der Waals surface area (Å²) in [5.41, 5.74) is 0. The zero-order valence-electron chi connectivity index (χ0n) is 9.50. The van der Waals surface area contributed by atoms with Crippen LogP contribution in [0, 0.1) is 11.8 Å². The summed E-state index contributed by atoms with van der Waals surface area (Å²) in [6, 6.07) is 1.68. The molecule has 2 unspecified atom stereocenters. The number of hydrogen-bond donors (Lipinski definition) is 2. The minimum Gasteiger partial charge on any atom is -0.396 e. The Balaban J connectivity index is 1.93. The number of halogens is 2. The minimum atomic E-state index is 0.272. The Morgan fingerprint density at radius 3 is 2.82 bits per heavy atom. The molecule has 0 saturated heterocycles. The third-order valence-electron chi connectivity index (χ3n) is 3.39. The van der Waals surface area contributed by atoms with Crippen molar-refractivity contribution in [3.8, 4) is 0 Å². The second-order valence-electron chi connectivity index (χ2n) is 4.50. The predicted molar refractivity (Wildman–Crippen MR) is 70.7 cm³/mol. The van der Waals surface area contributed by atoms with Crippen LogP contribution in [0.2, 0.25) is 10.0 Å². The van der Waals surface area contributed by atoms with E-state index in [0.29, 0.717) is 27.7 Å². The Kier molecular flexibility index (Phi) is 4.48. The average molecular weight is 275 g/mol. The van der Waals surface area contributed by atoms with E-state index in [0.717, 1.165) is 19.4 Å². The first-order valence-corrected chi connectivity index (χ1v) is 6.62. The topological polar surface area (TPSA) is 45.1 Å². The molecule has 0 bridgehead atoms. The summed E-state index contributed by atoms with van der Waals surface area (Å²) in [5.74, 6) is 1.58. The van der Waals surface area contributed by atoms with Crippen LogP contribution in [0.15, 0.2) is 12.3 Å². The monoisotopic (exact) mass is 274 g/mol. The molecule has 17 heavy (non-hydrogen) atoms. The quantitative estimate of drug-likeness (QED) is 0.886. The van der Waals surface area contributed by atoms with Crippen LogP contribution < -0.4 is 5.32 Å². The van der Waals surface area contributed by atoms with Gasteiger partial charge in [0.05, 0.1) is 10.0 Å². The van der Waals surface area contributed by atoms with Gasteiger partial charge in [-0.15, -0.1) is 0 Å². The first-order valence-electron chi connectivity index (χ1n) is 5.86. The third-order valence-corrected chi connectivity index (χ3v) is 3.89.